The molecule has 0 bridgehead atoms. The lowest BCUT2D eigenvalue weighted by molar-refractivity contribution is 0.102. The molecule has 2 heterocycles. The zero-order valence-corrected chi connectivity index (χ0v) is 20.6. The average Bonchev–Trinajstić information content (AvgIpc) is 3.14. The fourth-order valence-electron chi connectivity index (χ4n) is 3.70. The molecule has 4 rings (SSSR count). The zero-order chi connectivity index (χ0) is 23.6. The van der Waals surface area contributed by atoms with Crippen molar-refractivity contribution in [1.29, 1.82) is 0 Å². The van der Waals surface area contributed by atoms with Crippen molar-refractivity contribution in [2.24, 2.45) is 0 Å². The normalized spacial score (nSPS) is 14.6. The third-order valence-corrected chi connectivity index (χ3v) is 7.92. The Hall–Kier alpha value is -2.59. The molecule has 1 amide bonds. The lowest BCUT2D eigenvalue weighted by atomic mass is 10.1. The summed E-state index contributed by atoms with van der Waals surface area (Å²) in [5.41, 5.74) is 2.11. The highest BCUT2D eigenvalue weighted by Gasteiger charge is 2.23. The molecule has 0 spiro atoms. The molecule has 174 valence electrons. The van der Waals surface area contributed by atoms with E-state index in [0.717, 1.165) is 31.7 Å². The number of sulfonamides is 1. The number of fused-ring (bicyclic) bond motifs is 1. The van der Waals surface area contributed by atoms with Crippen molar-refractivity contribution in [2.45, 2.75) is 50.7 Å². The van der Waals surface area contributed by atoms with E-state index in [9.17, 15) is 13.2 Å². The maximum atomic E-state index is 12.7. The monoisotopic (exact) mass is 484 g/mol. The minimum atomic E-state index is -3.65. The number of nitrogens with zero attached hydrogens (tertiary/aromatic N) is 2. The van der Waals surface area contributed by atoms with Crippen molar-refractivity contribution < 1.29 is 13.2 Å². The number of benzene rings is 2. The second kappa shape index (κ2) is 9.34. The molecule has 2 aromatic carbocycles. The van der Waals surface area contributed by atoms with Crippen LogP contribution >= 0.6 is 11.3 Å². The largest absolute Gasteiger partial charge is 0.298 e. The zero-order valence-electron chi connectivity index (χ0n) is 19.0. The lowest BCUT2D eigenvalue weighted by Crippen LogP contribution is -2.40. The molecule has 0 saturated carbocycles. The third kappa shape index (κ3) is 6.05. The maximum Gasteiger partial charge on any atom is 0.257 e. The van der Waals surface area contributed by atoms with E-state index in [4.69, 9.17) is 0 Å². The Balaban J connectivity index is 1.40. The Labute approximate surface area is 198 Å². The Kier molecular flexibility index (Phi) is 6.67. The van der Waals surface area contributed by atoms with E-state index >= 15 is 0 Å². The van der Waals surface area contributed by atoms with Crippen LogP contribution in [-0.2, 0) is 29.5 Å². The van der Waals surface area contributed by atoms with Gasteiger partial charge in [0.05, 0.1) is 10.6 Å². The van der Waals surface area contributed by atoms with E-state index in [1.54, 1.807) is 20.8 Å². The minimum Gasteiger partial charge on any atom is -0.298 e. The van der Waals surface area contributed by atoms with E-state index in [1.807, 2.05) is 18.2 Å². The van der Waals surface area contributed by atoms with E-state index < -0.39 is 15.6 Å². The number of rotatable bonds is 6. The van der Waals surface area contributed by atoms with Crippen LogP contribution in [0.25, 0.3) is 0 Å². The summed E-state index contributed by atoms with van der Waals surface area (Å²) < 4.78 is 27.5. The van der Waals surface area contributed by atoms with Crippen LogP contribution in [0.15, 0.2) is 59.5 Å². The molecule has 0 unspecified atom stereocenters. The molecular formula is C24H28N4O3S2. The summed E-state index contributed by atoms with van der Waals surface area (Å²) in [6, 6.07) is 16.3. The predicted octanol–water partition coefficient (Wildman–Crippen LogP) is 4.03. The molecule has 3 aromatic rings. The van der Waals surface area contributed by atoms with Crippen molar-refractivity contribution >= 4 is 32.4 Å². The molecule has 0 radical (unpaired) electrons. The molecule has 33 heavy (non-hydrogen) atoms. The highest BCUT2D eigenvalue weighted by Crippen LogP contribution is 2.29. The van der Waals surface area contributed by atoms with Gasteiger partial charge in [-0.3, -0.25) is 15.0 Å². The first-order chi connectivity index (χ1) is 15.6. The number of carbonyl (C=O) groups excluding carboxylic acids is 1. The van der Waals surface area contributed by atoms with E-state index in [0.29, 0.717) is 10.7 Å². The van der Waals surface area contributed by atoms with Gasteiger partial charge in [-0.15, -0.1) is 11.3 Å². The van der Waals surface area contributed by atoms with Gasteiger partial charge in [0, 0.05) is 42.0 Å². The van der Waals surface area contributed by atoms with Crippen molar-refractivity contribution in [1.82, 2.24) is 14.6 Å². The summed E-state index contributed by atoms with van der Waals surface area (Å²) in [6.45, 7) is 7.96. The van der Waals surface area contributed by atoms with Crippen LogP contribution in [0.2, 0.25) is 0 Å². The van der Waals surface area contributed by atoms with Crippen molar-refractivity contribution in [3.8, 4) is 0 Å². The van der Waals surface area contributed by atoms with Gasteiger partial charge in [0.2, 0.25) is 10.0 Å². The van der Waals surface area contributed by atoms with Gasteiger partial charge in [0.25, 0.3) is 5.91 Å². The molecular weight excluding hydrogens is 456 g/mol. The lowest BCUT2D eigenvalue weighted by Gasteiger charge is -2.25. The number of anilines is 1. The second-order valence-electron chi connectivity index (χ2n) is 9.17. The standard InChI is InChI=1S/C24H28N4O3S2/c1-24(2,3)27-33(30,31)19-11-9-18(10-12-19)22(29)26-23-25-20-13-14-28(16-21(20)32-23)15-17-7-5-4-6-8-17/h4-12,27H,13-16H2,1-3H3,(H,25,26,29). The fourth-order valence-corrected chi connectivity index (χ4v) is 6.16. The van der Waals surface area contributed by atoms with Crippen LogP contribution in [0.5, 0.6) is 0 Å². The number of thiazole rings is 1. The molecule has 9 heteroatoms. The van der Waals surface area contributed by atoms with Gasteiger partial charge < -0.3 is 0 Å². The summed E-state index contributed by atoms with van der Waals surface area (Å²) in [4.78, 5) is 21.0. The summed E-state index contributed by atoms with van der Waals surface area (Å²) in [5.74, 6) is -0.310. The van der Waals surface area contributed by atoms with Crippen molar-refractivity contribution in [2.75, 3.05) is 11.9 Å². The highest BCUT2D eigenvalue weighted by atomic mass is 32.2. The molecule has 2 N–H and O–H groups in total. The third-order valence-electron chi connectivity index (χ3n) is 5.15. The fraction of sp³-hybridized carbons (Fsp3) is 0.333. The van der Waals surface area contributed by atoms with Gasteiger partial charge >= 0.3 is 0 Å². The molecule has 0 fully saturated rings. The molecule has 0 atom stereocenters. The van der Waals surface area contributed by atoms with Gasteiger partial charge in [-0.25, -0.2) is 18.1 Å². The van der Waals surface area contributed by atoms with E-state index in [1.165, 1.54) is 46.0 Å². The first-order valence-electron chi connectivity index (χ1n) is 10.8. The smallest absolute Gasteiger partial charge is 0.257 e. The molecule has 7 nitrogen and oxygen atoms in total. The Morgan fingerprint density at radius 2 is 1.79 bits per heavy atom. The molecule has 1 aliphatic rings. The number of hydrogen-bond acceptors (Lipinski definition) is 6. The number of amides is 1. The number of aromatic nitrogens is 1. The summed E-state index contributed by atoms with van der Waals surface area (Å²) in [6.07, 6.45) is 0.849. The summed E-state index contributed by atoms with van der Waals surface area (Å²) >= 11 is 1.50. The van der Waals surface area contributed by atoms with Gasteiger partial charge in [-0.05, 0) is 50.6 Å². The van der Waals surface area contributed by atoms with Gasteiger partial charge in [0.1, 0.15) is 0 Å². The molecule has 0 aliphatic carbocycles. The van der Waals surface area contributed by atoms with E-state index in [-0.39, 0.29) is 10.8 Å². The van der Waals surface area contributed by atoms with Crippen LogP contribution in [0, 0.1) is 0 Å². The Morgan fingerprint density at radius 3 is 2.45 bits per heavy atom. The van der Waals surface area contributed by atoms with Gasteiger partial charge in [-0.2, -0.15) is 0 Å². The average molecular weight is 485 g/mol. The SMILES string of the molecule is CC(C)(C)NS(=O)(=O)c1ccc(C(=O)Nc2nc3c(s2)CN(Cc2ccccc2)CC3)cc1. The number of carbonyl (C=O) groups is 1. The van der Waals surface area contributed by atoms with Crippen LogP contribution < -0.4 is 10.0 Å². The van der Waals surface area contributed by atoms with Crippen LogP contribution in [0.1, 0.15) is 47.3 Å². The topological polar surface area (TPSA) is 91.4 Å². The van der Waals surface area contributed by atoms with Crippen molar-refractivity contribution in [3.05, 3.63) is 76.3 Å². The summed E-state index contributed by atoms with van der Waals surface area (Å²) in [5, 5.41) is 3.43. The molecule has 1 aliphatic heterocycles. The van der Waals surface area contributed by atoms with Gasteiger partial charge in [0.15, 0.2) is 5.13 Å². The first kappa shape index (κ1) is 23.6. The maximum absolute atomic E-state index is 12.7. The van der Waals surface area contributed by atoms with Crippen LogP contribution in [0.4, 0.5) is 5.13 Å². The second-order valence-corrected chi connectivity index (χ2v) is 11.9. The van der Waals surface area contributed by atoms with Crippen molar-refractivity contribution in [3.63, 3.8) is 0 Å². The quantitative estimate of drug-likeness (QED) is 0.551. The van der Waals surface area contributed by atoms with E-state index in [2.05, 4.69) is 32.1 Å². The first-order valence-corrected chi connectivity index (χ1v) is 13.1. The predicted molar refractivity (Wildman–Crippen MR) is 131 cm³/mol. The van der Waals surface area contributed by atoms with Crippen LogP contribution in [-0.4, -0.2) is 36.3 Å². The van der Waals surface area contributed by atoms with Crippen LogP contribution in [0.3, 0.4) is 0 Å². The van der Waals surface area contributed by atoms with Gasteiger partial charge in [-0.1, -0.05) is 30.3 Å². The molecule has 1 aromatic heterocycles. The Morgan fingerprint density at radius 1 is 1.09 bits per heavy atom. The Bertz CT molecular complexity index is 1230. The highest BCUT2D eigenvalue weighted by molar-refractivity contribution is 7.89. The number of nitrogens with one attached hydrogen (secondary N) is 2. The number of hydrogen-bond donors (Lipinski definition) is 2. The summed E-state index contributed by atoms with van der Waals surface area (Å²) in [7, 11) is -3.65. The molecule has 0 saturated heterocycles. The minimum absolute atomic E-state index is 0.122.